The molecule has 1 aliphatic rings. The Kier molecular flexibility index (Phi) is 4.99. The summed E-state index contributed by atoms with van der Waals surface area (Å²) in [6, 6.07) is 51.1. The number of hydrogen-bond acceptors (Lipinski definition) is 2. The molecule has 1 N–H and O–H groups in total. The van der Waals surface area contributed by atoms with Crippen LogP contribution in [0.1, 0.15) is 0 Å². The molecule has 4 heteroatoms. The second kappa shape index (κ2) is 9.09. The maximum Gasteiger partial charge on any atom is 0.198 e. The molecule has 0 fully saturated rings. The summed E-state index contributed by atoms with van der Waals surface area (Å²) in [6.45, 7) is 0. The molecular weight excluding hydrogens is 551 g/mol. The predicted molar refractivity (Wildman–Crippen MR) is 193 cm³/mol. The van der Waals surface area contributed by atoms with E-state index in [1.54, 1.807) is 0 Å². The Hall–Kier alpha value is -5.32. The van der Waals surface area contributed by atoms with Gasteiger partial charge in [-0.25, -0.2) is 0 Å². The fourth-order valence-corrected chi connectivity index (χ4v) is 8.68. The SMILES string of the molecule is B1c2ccccc2-n2c3ccccc3c3c4ccccc4c(-c4cc5sc6ccccc6c5cc4Nc4ccccc4)c1c32. The van der Waals surface area contributed by atoms with Gasteiger partial charge in [0.1, 0.15) is 0 Å². The van der Waals surface area contributed by atoms with Gasteiger partial charge in [-0.3, -0.25) is 0 Å². The third-order valence-electron chi connectivity index (χ3n) is 9.37. The first-order valence-electron chi connectivity index (χ1n) is 15.2. The Balaban J connectivity index is 1.40. The zero-order chi connectivity index (χ0) is 28.8. The third-order valence-corrected chi connectivity index (χ3v) is 10.5. The van der Waals surface area contributed by atoms with Crippen LogP contribution in [0, 0.1) is 0 Å². The standard InChI is InChI=1S/C40H25BN2S/c1-2-12-24(13-3-1)42-32-22-29-25-14-7-11-21-35(25)44-36(29)23-30(32)37-26-15-4-5-16-27(26)38-28-17-6-9-19-33(28)43-34-20-10-8-18-31(34)41-39(37)40(38)43/h1-23,41-42H. The number of anilines is 2. The molecule has 0 amide bonds. The van der Waals surface area contributed by atoms with Crippen LogP contribution in [-0.2, 0) is 0 Å². The molecule has 0 spiro atoms. The molecule has 2 aromatic heterocycles. The first kappa shape index (κ1) is 24.2. The minimum atomic E-state index is 0.887. The molecule has 0 radical (unpaired) electrons. The van der Waals surface area contributed by atoms with Crippen molar-refractivity contribution in [1.29, 1.82) is 0 Å². The lowest BCUT2D eigenvalue weighted by atomic mass is 9.58. The molecule has 204 valence electrons. The van der Waals surface area contributed by atoms with E-state index in [0.717, 1.165) is 18.7 Å². The fourth-order valence-electron chi connectivity index (χ4n) is 7.56. The highest BCUT2D eigenvalue weighted by Crippen LogP contribution is 2.46. The van der Waals surface area contributed by atoms with Crippen molar-refractivity contribution in [2.24, 2.45) is 0 Å². The molecule has 0 saturated carbocycles. The van der Waals surface area contributed by atoms with E-state index in [9.17, 15) is 0 Å². The van der Waals surface area contributed by atoms with Gasteiger partial charge in [0.05, 0.1) is 5.52 Å². The molecule has 3 heterocycles. The minimum absolute atomic E-state index is 0.887. The van der Waals surface area contributed by atoms with Gasteiger partial charge in [-0.05, 0) is 64.3 Å². The van der Waals surface area contributed by atoms with Gasteiger partial charge in [-0.1, -0.05) is 103 Å². The second-order valence-electron chi connectivity index (χ2n) is 11.8. The van der Waals surface area contributed by atoms with Crippen LogP contribution >= 0.6 is 11.3 Å². The van der Waals surface area contributed by atoms with Crippen LogP contribution < -0.4 is 16.2 Å². The largest absolute Gasteiger partial charge is 0.355 e. The summed E-state index contributed by atoms with van der Waals surface area (Å²) in [7, 11) is 0.887. The quantitative estimate of drug-likeness (QED) is 0.207. The normalized spacial score (nSPS) is 12.3. The summed E-state index contributed by atoms with van der Waals surface area (Å²) in [5.74, 6) is 0. The van der Waals surface area contributed by atoms with Crippen LogP contribution in [0.5, 0.6) is 0 Å². The lowest BCUT2D eigenvalue weighted by Gasteiger charge is -2.25. The van der Waals surface area contributed by atoms with E-state index in [-0.39, 0.29) is 0 Å². The van der Waals surface area contributed by atoms with Crippen molar-refractivity contribution in [3.63, 3.8) is 0 Å². The van der Waals surface area contributed by atoms with Crippen LogP contribution in [0.2, 0.25) is 0 Å². The Labute approximate surface area is 259 Å². The van der Waals surface area contributed by atoms with Gasteiger partial charge in [0.25, 0.3) is 0 Å². The lowest BCUT2D eigenvalue weighted by molar-refractivity contribution is 1.19. The summed E-state index contributed by atoms with van der Waals surface area (Å²) >= 11 is 1.88. The van der Waals surface area contributed by atoms with Gasteiger partial charge in [0, 0.05) is 59.1 Å². The number of nitrogens with zero attached hydrogens (tertiary/aromatic N) is 1. The van der Waals surface area contributed by atoms with E-state index >= 15 is 0 Å². The summed E-state index contributed by atoms with van der Waals surface area (Å²) in [5, 5.41) is 11.7. The van der Waals surface area contributed by atoms with Crippen molar-refractivity contribution in [1.82, 2.24) is 4.57 Å². The van der Waals surface area contributed by atoms with Gasteiger partial charge >= 0.3 is 0 Å². The van der Waals surface area contributed by atoms with E-state index in [1.807, 2.05) is 11.3 Å². The minimum Gasteiger partial charge on any atom is -0.355 e. The maximum absolute atomic E-state index is 3.86. The molecule has 9 aromatic rings. The zero-order valence-electron chi connectivity index (χ0n) is 23.8. The number of para-hydroxylation sites is 3. The number of fused-ring (bicyclic) bond motifs is 10. The first-order valence-corrected chi connectivity index (χ1v) is 16.0. The van der Waals surface area contributed by atoms with Crippen LogP contribution in [-0.4, -0.2) is 11.8 Å². The Morgan fingerprint density at radius 3 is 2.16 bits per heavy atom. The van der Waals surface area contributed by atoms with Crippen LogP contribution in [0.25, 0.3) is 69.6 Å². The van der Waals surface area contributed by atoms with Crippen molar-refractivity contribution in [3.05, 3.63) is 140 Å². The molecule has 7 aromatic carbocycles. The van der Waals surface area contributed by atoms with Crippen molar-refractivity contribution in [2.45, 2.75) is 0 Å². The maximum atomic E-state index is 3.86. The van der Waals surface area contributed by atoms with Crippen LogP contribution in [0.4, 0.5) is 11.4 Å². The number of nitrogens with one attached hydrogen (secondary N) is 1. The van der Waals surface area contributed by atoms with Crippen LogP contribution in [0.15, 0.2) is 140 Å². The van der Waals surface area contributed by atoms with Crippen molar-refractivity contribution < 1.29 is 0 Å². The van der Waals surface area contributed by atoms with Gasteiger partial charge in [0.15, 0.2) is 7.28 Å². The van der Waals surface area contributed by atoms with Gasteiger partial charge < -0.3 is 9.88 Å². The van der Waals surface area contributed by atoms with Crippen LogP contribution in [0.3, 0.4) is 0 Å². The van der Waals surface area contributed by atoms with E-state index in [1.165, 1.54) is 80.5 Å². The molecule has 0 aliphatic carbocycles. The average Bonchev–Trinajstić information content (AvgIpc) is 3.62. The Bertz CT molecular complexity index is 2610. The molecule has 0 unspecified atom stereocenters. The Morgan fingerprint density at radius 1 is 0.568 bits per heavy atom. The summed E-state index contributed by atoms with van der Waals surface area (Å²) in [4.78, 5) is 0. The molecule has 44 heavy (non-hydrogen) atoms. The van der Waals surface area contributed by atoms with Crippen molar-refractivity contribution >= 4 is 93.7 Å². The smallest absolute Gasteiger partial charge is 0.198 e. The first-order chi connectivity index (χ1) is 21.8. The van der Waals surface area contributed by atoms with Gasteiger partial charge in [0.2, 0.25) is 0 Å². The average molecular weight is 577 g/mol. The molecule has 2 nitrogen and oxygen atoms in total. The second-order valence-corrected chi connectivity index (χ2v) is 12.8. The number of thiophene rings is 1. The third kappa shape index (κ3) is 3.32. The Morgan fingerprint density at radius 2 is 1.27 bits per heavy atom. The van der Waals surface area contributed by atoms with Gasteiger partial charge in [-0.2, -0.15) is 0 Å². The molecule has 0 bridgehead atoms. The van der Waals surface area contributed by atoms with E-state index in [4.69, 9.17) is 0 Å². The number of aromatic nitrogens is 1. The monoisotopic (exact) mass is 576 g/mol. The number of benzene rings is 7. The van der Waals surface area contributed by atoms with E-state index in [2.05, 4.69) is 149 Å². The predicted octanol–water partition coefficient (Wildman–Crippen LogP) is 9.42. The highest BCUT2D eigenvalue weighted by Gasteiger charge is 2.29. The number of rotatable bonds is 3. The van der Waals surface area contributed by atoms with Crippen molar-refractivity contribution in [3.8, 4) is 16.8 Å². The summed E-state index contributed by atoms with van der Waals surface area (Å²) in [5.41, 5.74) is 11.4. The topological polar surface area (TPSA) is 17.0 Å². The molecule has 0 atom stereocenters. The van der Waals surface area contributed by atoms with Crippen molar-refractivity contribution in [2.75, 3.05) is 5.32 Å². The number of hydrogen-bond donors (Lipinski definition) is 1. The molecule has 0 saturated heterocycles. The molecule has 10 rings (SSSR count). The molecular formula is C40H25BN2S. The fraction of sp³-hybridized carbons (Fsp3) is 0. The van der Waals surface area contributed by atoms with Gasteiger partial charge in [-0.15, -0.1) is 11.3 Å². The highest BCUT2D eigenvalue weighted by atomic mass is 32.1. The molecule has 1 aliphatic heterocycles. The highest BCUT2D eigenvalue weighted by molar-refractivity contribution is 7.25. The summed E-state index contributed by atoms with van der Waals surface area (Å²) in [6.07, 6.45) is 0. The van der Waals surface area contributed by atoms with E-state index < -0.39 is 0 Å². The van der Waals surface area contributed by atoms with E-state index in [0.29, 0.717) is 0 Å². The zero-order valence-corrected chi connectivity index (χ0v) is 24.7. The lowest BCUT2D eigenvalue weighted by Crippen LogP contribution is -2.37. The summed E-state index contributed by atoms with van der Waals surface area (Å²) < 4.78 is 5.16.